The van der Waals surface area contributed by atoms with Gasteiger partial charge < -0.3 is 20.1 Å². The van der Waals surface area contributed by atoms with Gasteiger partial charge in [-0.1, -0.05) is 24.3 Å². The fourth-order valence-corrected chi connectivity index (χ4v) is 4.33. The van der Waals surface area contributed by atoms with Gasteiger partial charge in [-0.05, 0) is 48.9 Å². The number of allylic oxidation sites excluding steroid dienone is 1. The molecule has 2 aliphatic heterocycles. The van der Waals surface area contributed by atoms with Crippen LogP contribution in [0.15, 0.2) is 84.3 Å². The van der Waals surface area contributed by atoms with E-state index in [-0.39, 0.29) is 5.91 Å². The summed E-state index contributed by atoms with van der Waals surface area (Å²) in [6.07, 6.45) is 3.40. The van der Waals surface area contributed by atoms with Crippen LogP contribution in [0.5, 0.6) is 11.5 Å². The number of nitrogens with zero attached hydrogens (tertiary/aromatic N) is 4. The molecule has 0 aliphatic carbocycles. The Bertz CT molecular complexity index is 1430. The molecule has 2 aromatic carbocycles. The zero-order chi connectivity index (χ0) is 23.8. The summed E-state index contributed by atoms with van der Waals surface area (Å²) in [5, 5.41) is 11.1. The number of hydrogen-bond acceptors (Lipinski definition) is 7. The van der Waals surface area contributed by atoms with Crippen LogP contribution in [0.2, 0.25) is 0 Å². The van der Waals surface area contributed by atoms with Crippen LogP contribution < -0.4 is 20.1 Å². The Balaban J connectivity index is 1.46. The van der Waals surface area contributed by atoms with Crippen molar-refractivity contribution < 1.29 is 14.3 Å². The molecule has 9 nitrogen and oxygen atoms in total. The Labute approximate surface area is 201 Å². The molecule has 0 bridgehead atoms. The average molecular weight is 467 g/mol. The molecule has 0 spiro atoms. The van der Waals surface area contributed by atoms with Crippen molar-refractivity contribution in [2.75, 3.05) is 23.8 Å². The van der Waals surface area contributed by atoms with E-state index >= 15 is 0 Å². The minimum Gasteiger partial charge on any atom is -0.486 e. The topological polar surface area (TPSA) is 103 Å². The van der Waals surface area contributed by atoms with Gasteiger partial charge >= 0.3 is 0 Å². The Morgan fingerprint density at radius 1 is 1.03 bits per heavy atom. The van der Waals surface area contributed by atoms with Gasteiger partial charge in [0.2, 0.25) is 5.95 Å². The number of ether oxygens (including phenoxy) is 2. The summed E-state index contributed by atoms with van der Waals surface area (Å²) in [5.74, 6) is 2.18. The van der Waals surface area contributed by atoms with E-state index < -0.39 is 6.04 Å². The lowest BCUT2D eigenvalue weighted by Gasteiger charge is -2.29. The van der Waals surface area contributed by atoms with Gasteiger partial charge in [0.15, 0.2) is 17.3 Å². The summed E-state index contributed by atoms with van der Waals surface area (Å²) >= 11 is 0. The predicted octanol–water partition coefficient (Wildman–Crippen LogP) is 4.04. The van der Waals surface area contributed by atoms with Crippen molar-refractivity contribution in [2.45, 2.75) is 13.0 Å². The normalized spacial score (nSPS) is 16.3. The van der Waals surface area contributed by atoms with Crippen LogP contribution in [0.25, 0.3) is 11.4 Å². The van der Waals surface area contributed by atoms with Crippen LogP contribution in [0.3, 0.4) is 0 Å². The first-order chi connectivity index (χ1) is 17.2. The fraction of sp³-hybridized carbons (Fsp3) is 0.154. The molecule has 35 heavy (non-hydrogen) atoms. The van der Waals surface area contributed by atoms with E-state index in [1.807, 2.05) is 67.6 Å². The molecule has 6 rings (SSSR count). The van der Waals surface area contributed by atoms with E-state index in [9.17, 15) is 4.79 Å². The molecular formula is C26H22N6O3. The molecular weight excluding hydrogens is 444 g/mol. The molecule has 9 heteroatoms. The molecule has 2 aliphatic rings. The maximum Gasteiger partial charge on any atom is 0.255 e. The summed E-state index contributed by atoms with van der Waals surface area (Å²) in [6, 6.07) is 18.3. The monoisotopic (exact) mass is 466 g/mol. The van der Waals surface area contributed by atoms with Crippen molar-refractivity contribution in [2.24, 2.45) is 0 Å². The van der Waals surface area contributed by atoms with E-state index in [1.54, 1.807) is 17.1 Å². The Kier molecular flexibility index (Phi) is 5.14. The molecule has 174 valence electrons. The maximum atomic E-state index is 13.6. The molecule has 4 aromatic rings. The number of pyridine rings is 1. The highest BCUT2D eigenvalue weighted by Crippen LogP contribution is 2.40. The molecule has 2 aromatic heterocycles. The third-order valence-corrected chi connectivity index (χ3v) is 5.95. The summed E-state index contributed by atoms with van der Waals surface area (Å²) in [5.41, 5.74) is 3.60. The van der Waals surface area contributed by atoms with Gasteiger partial charge in [0.1, 0.15) is 19.3 Å². The van der Waals surface area contributed by atoms with E-state index in [0.717, 1.165) is 11.1 Å². The van der Waals surface area contributed by atoms with Crippen LogP contribution in [0.1, 0.15) is 18.5 Å². The second-order valence-electron chi connectivity index (χ2n) is 8.23. The lowest BCUT2D eigenvalue weighted by atomic mass is 9.94. The minimum atomic E-state index is -0.533. The second-order valence-corrected chi connectivity index (χ2v) is 8.23. The van der Waals surface area contributed by atoms with Crippen molar-refractivity contribution in [3.63, 3.8) is 0 Å². The molecule has 1 amide bonds. The highest BCUT2D eigenvalue weighted by Gasteiger charge is 2.35. The quantitative estimate of drug-likeness (QED) is 0.468. The number of amides is 1. The van der Waals surface area contributed by atoms with E-state index in [2.05, 4.69) is 15.6 Å². The number of anilines is 2. The molecule has 4 heterocycles. The summed E-state index contributed by atoms with van der Waals surface area (Å²) in [4.78, 5) is 22.4. The number of carbonyl (C=O) groups excluding carboxylic acids is 1. The highest BCUT2D eigenvalue weighted by atomic mass is 16.6. The fourth-order valence-electron chi connectivity index (χ4n) is 4.33. The number of carbonyl (C=O) groups is 1. The number of fused-ring (bicyclic) bond motifs is 2. The minimum absolute atomic E-state index is 0.229. The third kappa shape index (κ3) is 3.86. The number of para-hydroxylation sites is 1. The first-order valence-electron chi connectivity index (χ1n) is 11.3. The predicted molar refractivity (Wildman–Crippen MR) is 130 cm³/mol. The third-order valence-electron chi connectivity index (χ3n) is 5.95. The Hall–Kier alpha value is -4.66. The molecule has 0 saturated heterocycles. The number of nitrogens with one attached hydrogen (secondary N) is 2. The molecule has 0 fully saturated rings. The lowest BCUT2D eigenvalue weighted by molar-refractivity contribution is -0.113. The molecule has 1 unspecified atom stereocenters. The highest BCUT2D eigenvalue weighted by molar-refractivity contribution is 6.06. The van der Waals surface area contributed by atoms with Crippen molar-refractivity contribution in [1.29, 1.82) is 0 Å². The van der Waals surface area contributed by atoms with Gasteiger partial charge in [0.05, 0.1) is 5.57 Å². The zero-order valence-corrected chi connectivity index (χ0v) is 18.9. The van der Waals surface area contributed by atoms with Crippen LogP contribution in [-0.4, -0.2) is 38.9 Å². The standard InChI is InChI=1S/C26H22N6O3/c1-16-22(25(33)29-19-5-3-2-4-6-19)23(18-7-8-20-21(15-18)35-14-13-34-20)32-26(28-16)30-24(31-32)17-9-11-27-12-10-17/h2-12,15,23H,13-14H2,1H3,(H,29,33)(H,28,30,31). The summed E-state index contributed by atoms with van der Waals surface area (Å²) < 4.78 is 13.3. The van der Waals surface area contributed by atoms with Crippen molar-refractivity contribution in [3.8, 4) is 22.9 Å². The molecule has 1 atom stereocenters. The largest absolute Gasteiger partial charge is 0.486 e. The van der Waals surface area contributed by atoms with Crippen molar-refractivity contribution in [3.05, 3.63) is 89.9 Å². The van der Waals surface area contributed by atoms with Gasteiger partial charge in [-0.2, -0.15) is 4.98 Å². The van der Waals surface area contributed by atoms with Gasteiger partial charge in [-0.25, -0.2) is 4.68 Å². The van der Waals surface area contributed by atoms with E-state index in [1.165, 1.54) is 0 Å². The molecule has 2 N–H and O–H groups in total. The van der Waals surface area contributed by atoms with Gasteiger partial charge in [0, 0.05) is 29.3 Å². The van der Waals surface area contributed by atoms with Crippen LogP contribution >= 0.6 is 0 Å². The SMILES string of the molecule is CC1=C(C(=O)Nc2ccccc2)C(c2ccc3c(c2)OCCO3)n2nc(-c3ccncc3)nc2N1. The molecule has 0 saturated carbocycles. The lowest BCUT2D eigenvalue weighted by Crippen LogP contribution is -2.31. The van der Waals surface area contributed by atoms with E-state index in [0.29, 0.717) is 53.4 Å². The second kappa shape index (κ2) is 8.60. The summed E-state index contributed by atoms with van der Waals surface area (Å²) in [7, 11) is 0. The van der Waals surface area contributed by atoms with Crippen molar-refractivity contribution in [1.82, 2.24) is 19.7 Å². The van der Waals surface area contributed by atoms with Crippen LogP contribution in [0, 0.1) is 0 Å². The number of benzene rings is 2. The van der Waals surface area contributed by atoms with Crippen LogP contribution in [0.4, 0.5) is 11.6 Å². The summed E-state index contributed by atoms with van der Waals surface area (Å²) in [6.45, 7) is 2.85. The number of aromatic nitrogens is 4. The Morgan fingerprint density at radius 3 is 2.60 bits per heavy atom. The van der Waals surface area contributed by atoms with E-state index in [4.69, 9.17) is 19.6 Å². The van der Waals surface area contributed by atoms with Gasteiger partial charge in [-0.3, -0.25) is 9.78 Å². The number of hydrogen-bond donors (Lipinski definition) is 2. The molecule has 0 radical (unpaired) electrons. The van der Waals surface area contributed by atoms with Gasteiger partial charge in [-0.15, -0.1) is 5.10 Å². The van der Waals surface area contributed by atoms with Gasteiger partial charge in [0.25, 0.3) is 5.91 Å². The first kappa shape index (κ1) is 20.9. The smallest absolute Gasteiger partial charge is 0.255 e. The number of rotatable bonds is 4. The van der Waals surface area contributed by atoms with Crippen LogP contribution in [-0.2, 0) is 4.79 Å². The van der Waals surface area contributed by atoms with Crippen molar-refractivity contribution >= 4 is 17.5 Å². The maximum absolute atomic E-state index is 13.6. The Morgan fingerprint density at radius 2 is 1.80 bits per heavy atom. The zero-order valence-electron chi connectivity index (χ0n) is 18.9. The first-order valence-corrected chi connectivity index (χ1v) is 11.3. The average Bonchev–Trinajstić information content (AvgIpc) is 3.32.